The normalized spacial score (nSPS) is 18.6. The van der Waals surface area contributed by atoms with Crippen molar-refractivity contribution in [1.29, 1.82) is 0 Å². The predicted molar refractivity (Wildman–Crippen MR) is 52.6 cm³/mol. The standard InChI is InChI=1S/C11H12ClF/c12-7-11(8-1-2-8)9-3-5-10(13)6-4-9/h3-6,8,11H,1-2,7H2. The summed E-state index contributed by atoms with van der Waals surface area (Å²) >= 11 is 5.88. The second kappa shape index (κ2) is 3.67. The molecule has 0 aromatic heterocycles. The smallest absolute Gasteiger partial charge is 0.123 e. The van der Waals surface area contributed by atoms with E-state index in [-0.39, 0.29) is 5.82 Å². The van der Waals surface area contributed by atoms with Gasteiger partial charge in [-0.1, -0.05) is 12.1 Å². The Kier molecular flexibility index (Phi) is 2.54. The van der Waals surface area contributed by atoms with Gasteiger partial charge in [0.05, 0.1) is 0 Å². The Hall–Kier alpha value is -0.560. The first kappa shape index (κ1) is 9.01. The quantitative estimate of drug-likeness (QED) is 0.652. The lowest BCUT2D eigenvalue weighted by Gasteiger charge is -2.12. The highest BCUT2D eigenvalue weighted by Crippen LogP contribution is 2.43. The summed E-state index contributed by atoms with van der Waals surface area (Å²) in [5, 5.41) is 0. The predicted octanol–water partition coefficient (Wildman–Crippen LogP) is 3.56. The van der Waals surface area contributed by atoms with E-state index >= 15 is 0 Å². The van der Waals surface area contributed by atoms with Crippen LogP contribution >= 0.6 is 11.6 Å². The van der Waals surface area contributed by atoms with Crippen LogP contribution < -0.4 is 0 Å². The minimum Gasteiger partial charge on any atom is -0.207 e. The maximum absolute atomic E-state index is 12.6. The summed E-state index contributed by atoms with van der Waals surface area (Å²) in [6.45, 7) is 0. The Labute approximate surface area is 82.7 Å². The zero-order valence-electron chi connectivity index (χ0n) is 7.34. The van der Waals surface area contributed by atoms with Crippen molar-refractivity contribution in [2.45, 2.75) is 18.8 Å². The van der Waals surface area contributed by atoms with Crippen LogP contribution in [0.4, 0.5) is 4.39 Å². The van der Waals surface area contributed by atoms with Crippen LogP contribution in [0.3, 0.4) is 0 Å². The molecule has 0 amide bonds. The first-order valence-corrected chi connectivity index (χ1v) is 5.16. The van der Waals surface area contributed by atoms with Crippen LogP contribution in [0.15, 0.2) is 24.3 Å². The van der Waals surface area contributed by atoms with E-state index in [9.17, 15) is 4.39 Å². The SMILES string of the molecule is Fc1ccc(C(CCl)C2CC2)cc1. The van der Waals surface area contributed by atoms with Crippen LogP contribution in [0.2, 0.25) is 0 Å². The van der Waals surface area contributed by atoms with Crippen LogP contribution in [0.1, 0.15) is 24.3 Å². The van der Waals surface area contributed by atoms with E-state index in [1.807, 2.05) is 12.1 Å². The highest BCUT2D eigenvalue weighted by Gasteiger charge is 2.31. The molecule has 1 aromatic carbocycles. The molecule has 1 saturated carbocycles. The van der Waals surface area contributed by atoms with E-state index in [2.05, 4.69) is 0 Å². The van der Waals surface area contributed by atoms with Gasteiger partial charge in [0.25, 0.3) is 0 Å². The third-order valence-electron chi connectivity index (χ3n) is 2.66. The lowest BCUT2D eigenvalue weighted by Crippen LogP contribution is -2.02. The molecule has 0 radical (unpaired) electrons. The van der Waals surface area contributed by atoms with E-state index < -0.39 is 0 Å². The van der Waals surface area contributed by atoms with Crippen molar-refractivity contribution in [3.8, 4) is 0 Å². The fourth-order valence-corrected chi connectivity index (χ4v) is 2.13. The highest BCUT2D eigenvalue weighted by molar-refractivity contribution is 6.18. The van der Waals surface area contributed by atoms with Gasteiger partial charge < -0.3 is 0 Å². The zero-order valence-corrected chi connectivity index (χ0v) is 8.10. The molecule has 1 atom stereocenters. The summed E-state index contributed by atoms with van der Waals surface area (Å²) in [4.78, 5) is 0. The Morgan fingerprint density at radius 3 is 2.38 bits per heavy atom. The second-order valence-corrected chi connectivity index (χ2v) is 3.96. The molecule has 0 saturated heterocycles. The third-order valence-corrected chi connectivity index (χ3v) is 2.99. The van der Waals surface area contributed by atoms with Crippen molar-refractivity contribution in [2.24, 2.45) is 5.92 Å². The van der Waals surface area contributed by atoms with Crippen LogP contribution in [-0.2, 0) is 0 Å². The first-order valence-electron chi connectivity index (χ1n) is 4.62. The van der Waals surface area contributed by atoms with Crippen LogP contribution in [0.25, 0.3) is 0 Å². The summed E-state index contributed by atoms with van der Waals surface area (Å²) in [6, 6.07) is 6.72. The minimum atomic E-state index is -0.173. The number of alkyl halides is 1. The minimum absolute atomic E-state index is 0.173. The molecule has 0 spiro atoms. The Morgan fingerprint density at radius 1 is 1.31 bits per heavy atom. The average Bonchev–Trinajstić information content (AvgIpc) is 2.93. The van der Waals surface area contributed by atoms with E-state index in [0.717, 1.165) is 5.92 Å². The van der Waals surface area contributed by atoms with E-state index in [0.29, 0.717) is 11.8 Å². The molecule has 70 valence electrons. The largest absolute Gasteiger partial charge is 0.207 e. The van der Waals surface area contributed by atoms with Crippen molar-refractivity contribution >= 4 is 11.6 Å². The summed E-state index contributed by atoms with van der Waals surface area (Å²) in [7, 11) is 0. The topological polar surface area (TPSA) is 0 Å². The van der Waals surface area contributed by atoms with E-state index in [1.165, 1.54) is 30.5 Å². The van der Waals surface area contributed by atoms with Gasteiger partial charge in [0.2, 0.25) is 0 Å². The molecule has 0 heterocycles. The summed E-state index contributed by atoms with van der Waals surface area (Å²) < 4.78 is 12.6. The fourth-order valence-electron chi connectivity index (χ4n) is 1.70. The summed E-state index contributed by atoms with van der Waals surface area (Å²) in [6.07, 6.45) is 2.55. The van der Waals surface area contributed by atoms with Crippen molar-refractivity contribution in [3.05, 3.63) is 35.6 Å². The Bertz CT molecular complexity index is 277. The maximum atomic E-state index is 12.6. The number of halogens is 2. The van der Waals surface area contributed by atoms with Gasteiger partial charge in [-0.3, -0.25) is 0 Å². The van der Waals surface area contributed by atoms with Crippen molar-refractivity contribution < 1.29 is 4.39 Å². The van der Waals surface area contributed by atoms with Crippen molar-refractivity contribution in [1.82, 2.24) is 0 Å². The van der Waals surface area contributed by atoms with Crippen LogP contribution in [0.5, 0.6) is 0 Å². The van der Waals surface area contributed by atoms with Crippen LogP contribution in [-0.4, -0.2) is 5.88 Å². The van der Waals surface area contributed by atoms with E-state index in [4.69, 9.17) is 11.6 Å². The monoisotopic (exact) mass is 198 g/mol. The van der Waals surface area contributed by atoms with Gasteiger partial charge in [-0.15, -0.1) is 11.6 Å². The fraction of sp³-hybridized carbons (Fsp3) is 0.455. The Balaban J connectivity index is 2.17. The lowest BCUT2D eigenvalue weighted by atomic mass is 9.96. The van der Waals surface area contributed by atoms with E-state index in [1.54, 1.807) is 0 Å². The van der Waals surface area contributed by atoms with Gasteiger partial charge >= 0.3 is 0 Å². The number of benzene rings is 1. The van der Waals surface area contributed by atoms with Gasteiger partial charge in [0.1, 0.15) is 5.82 Å². The van der Waals surface area contributed by atoms with Gasteiger partial charge in [-0.25, -0.2) is 4.39 Å². The summed E-state index contributed by atoms with van der Waals surface area (Å²) in [5.74, 6) is 1.65. The molecule has 13 heavy (non-hydrogen) atoms. The van der Waals surface area contributed by atoms with Crippen molar-refractivity contribution in [2.75, 3.05) is 5.88 Å². The molecule has 0 aliphatic heterocycles. The molecule has 0 bridgehead atoms. The number of rotatable bonds is 3. The Morgan fingerprint density at radius 2 is 1.92 bits per heavy atom. The highest BCUT2D eigenvalue weighted by atomic mass is 35.5. The lowest BCUT2D eigenvalue weighted by molar-refractivity contribution is 0.621. The van der Waals surface area contributed by atoms with Gasteiger partial charge in [0.15, 0.2) is 0 Å². The van der Waals surface area contributed by atoms with Crippen LogP contribution in [0, 0.1) is 11.7 Å². The van der Waals surface area contributed by atoms with Gasteiger partial charge in [-0.05, 0) is 36.5 Å². The zero-order chi connectivity index (χ0) is 9.26. The van der Waals surface area contributed by atoms with Crippen molar-refractivity contribution in [3.63, 3.8) is 0 Å². The van der Waals surface area contributed by atoms with Gasteiger partial charge in [0, 0.05) is 11.8 Å². The first-order chi connectivity index (χ1) is 6.31. The molecule has 2 rings (SSSR count). The molecular formula is C11H12ClF. The molecule has 1 aliphatic rings. The molecule has 1 unspecified atom stereocenters. The molecular weight excluding hydrogens is 187 g/mol. The summed E-state index contributed by atoms with van der Waals surface area (Å²) in [5.41, 5.74) is 1.18. The molecule has 1 aliphatic carbocycles. The molecule has 1 fully saturated rings. The molecule has 2 heteroatoms. The van der Waals surface area contributed by atoms with Gasteiger partial charge in [-0.2, -0.15) is 0 Å². The third kappa shape index (κ3) is 2.02. The molecule has 0 nitrogen and oxygen atoms in total. The average molecular weight is 199 g/mol. The second-order valence-electron chi connectivity index (χ2n) is 3.65. The maximum Gasteiger partial charge on any atom is 0.123 e. The number of hydrogen-bond acceptors (Lipinski definition) is 0. The number of hydrogen-bond donors (Lipinski definition) is 0. The molecule has 0 N–H and O–H groups in total. The molecule has 1 aromatic rings.